The molecule has 0 aromatic carbocycles. The first-order chi connectivity index (χ1) is 6.04. The van der Waals surface area contributed by atoms with Gasteiger partial charge in [-0.05, 0) is 6.08 Å². The molecule has 74 valence electrons. The van der Waals surface area contributed by atoms with Gasteiger partial charge in [0.05, 0.1) is 20.2 Å². The first kappa shape index (κ1) is 9.15. The van der Waals surface area contributed by atoms with Crippen LogP contribution in [0.3, 0.4) is 0 Å². The van der Waals surface area contributed by atoms with Crippen molar-refractivity contribution in [3.05, 3.63) is 11.6 Å². The fourth-order valence-corrected chi connectivity index (χ4v) is 2.57. The van der Waals surface area contributed by atoms with Crippen molar-refractivity contribution in [3.63, 3.8) is 0 Å². The number of aliphatic hydroxyl groups excluding tert-OH is 2. The number of aliphatic hydroxyl groups is 3. The van der Waals surface area contributed by atoms with Gasteiger partial charge in [-0.2, -0.15) is 0 Å². The highest BCUT2D eigenvalue weighted by molar-refractivity contribution is 5.21. The van der Waals surface area contributed by atoms with Crippen molar-refractivity contribution in [1.82, 2.24) is 0 Å². The molecule has 2 aliphatic heterocycles. The van der Waals surface area contributed by atoms with E-state index in [0.717, 1.165) is 6.54 Å². The van der Waals surface area contributed by atoms with Crippen LogP contribution in [-0.2, 0) is 0 Å². The summed E-state index contributed by atoms with van der Waals surface area (Å²) in [6, 6.07) is 0. The summed E-state index contributed by atoms with van der Waals surface area (Å²) in [6.45, 7) is 1.29. The molecule has 0 spiro atoms. The maximum Gasteiger partial charge on any atom is 0.252 e. The second-order valence-electron chi connectivity index (χ2n) is 4.22. The second kappa shape index (κ2) is 2.54. The van der Waals surface area contributed by atoms with E-state index in [1.807, 2.05) is 13.1 Å². The van der Waals surface area contributed by atoms with Crippen LogP contribution in [0.2, 0.25) is 0 Å². The lowest BCUT2D eigenvalue weighted by atomic mass is 10.00. The van der Waals surface area contributed by atoms with Gasteiger partial charge in [-0.3, -0.25) is 4.48 Å². The van der Waals surface area contributed by atoms with Gasteiger partial charge < -0.3 is 15.3 Å². The summed E-state index contributed by atoms with van der Waals surface area (Å²) in [6.07, 6.45) is 1.70. The van der Waals surface area contributed by atoms with E-state index in [1.165, 1.54) is 0 Å². The Labute approximate surface area is 77.3 Å². The molecule has 4 heteroatoms. The highest BCUT2D eigenvalue weighted by Crippen LogP contribution is 2.42. The van der Waals surface area contributed by atoms with Crippen LogP contribution in [0.15, 0.2) is 11.6 Å². The number of quaternary nitrogens is 1. The van der Waals surface area contributed by atoms with Crippen LogP contribution in [0, 0.1) is 0 Å². The largest absolute Gasteiger partial charge is 0.392 e. The molecule has 0 aromatic heterocycles. The van der Waals surface area contributed by atoms with E-state index >= 15 is 0 Å². The van der Waals surface area contributed by atoms with Crippen molar-refractivity contribution < 1.29 is 19.8 Å². The van der Waals surface area contributed by atoms with E-state index in [9.17, 15) is 10.2 Å². The number of rotatable bonds is 1. The Morgan fingerprint density at radius 2 is 2.38 bits per heavy atom. The standard InChI is InChI=1S/C9H16NO3/c1-10-4-2-7(6-11)9(10,13)8(12)3-5-10/h2,8,11-13H,3-6H2,1H3/q+1/t8-,9+,10+/m1/s1. The summed E-state index contributed by atoms with van der Waals surface area (Å²) in [4.78, 5) is 0. The van der Waals surface area contributed by atoms with Crippen molar-refractivity contribution >= 4 is 0 Å². The molecule has 3 atom stereocenters. The SMILES string of the molecule is C[N@@+]12CC=C(CO)[C@]1(O)[C@H](O)CC2. The fourth-order valence-electron chi connectivity index (χ4n) is 2.57. The molecule has 0 bridgehead atoms. The minimum atomic E-state index is -1.23. The third-order valence-electron chi connectivity index (χ3n) is 3.57. The first-order valence-corrected chi connectivity index (χ1v) is 4.60. The van der Waals surface area contributed by atoms with E-state index < -0.39 is 11.8 Å². The van der Waals surface area contributed by atoms with Gasteiger partial charge in [-0.1, -0.05) is 0 Å². The average molecular weight is 186 g/mol. The van der Waals surface area contributed by atoms with Crippen LogP contribution < -0.4 is 0 Å². The average Bonchev–Trinajstić information content (AvgIpc) is 2.48. The predicted molar refractivity (Wildman–Crippen MR) is 46.7 cm³/mol. The van der Waals surface area contributed by atoms with E-state index in [-0.39, 0.29) is 6.61 Å². The lowest BCUT2D eigenvalue weighted by molar-refractivity contribution is -0.955. The van der Waals surface area contributed by atoms with Gasteiger partial charge in [-0.15, -0.1) is 0 Å². The zero-order valence-electron chi connectivity index (χ0n) is 7.77. The molecule has 2 aliphatic rings. The summed E-state index contributed by atoms with van der Waals surface area (Å²) >= 11 is 0. The predicted octanol–water partition coefficient (Wildman–Crippen LogP) is -1.18. The van der Waals surface area contributed by atoms with E-state index in [1.54, 1.807) is 0 Å². The number of hydrogen-bond acceptors (Lipinski definition) is 3. The maximum absolute atomic E-state index is 10.3. The number of fused-ring (bicyclic) bond motifs is 1. The zero-order valence-corrected chi connectivity index (χ0v) is 7.77. The smallest absolute Gasteiger partial charge is 0.252 e. The quantitative estimate of drug-likeness (QED) is 0.357. The number of nitrogens with zero attached hydrogens (tertiary/aromatic N) is 1. The van der Waals surface area contributed by atoms with Crippen molar-refractivity contribution in [2.24, 2.45) is 0 Å². The van der Waals surface area contributed by atoms with E-state index in [0.29, 0.717) is 23.0 Å². The second-order valence-corrected chi connectivity index (χ2v) is 4.22. The minimum absolute atomic E-state index is 0.165. The van der Waals surface area contributed by atoms with Gasteiger partial charge in [0.25, 0.3) is 5.72 Å². The highest BCUT2D eigenvalue weighted by Gasteiger charge is 2.62. The normalized spacial score (nSPS) is 49.2. The Morgan fingerprint density at radius 3 is 3.00 bits per heavy atom. The maximum atomic E-state index is 10.3. The molecule has 4 nitrogen and oxygen atoms in total. The lowest BCUT2D eigenvalue weighted by Crippen LogP contribution is -2.60. The summed E-state index contributed by atoms with van der Waals surface area (Å²) in [7, 11) is 1.91. The van der Waals surface area contributed by atoms with Gasteiger partial charge >= 0.3 is 0 Å². The Hall–Kier alpha value is -0.420. The van der Waals surface area contributed by atoms with Gasteiger partial charge in [0, 0.05) is 12.0 Å². The van der Waals surface area contributed by atoms with Crippen LogP contribution >= 0.6 is 0 Å². The first-order valence-electron chi connectivity index (χ1n) is 4.60. The highest BCUT2D eigenvalue weighted by atomic mass is 16.4. The van der Waals surface area contributed by atoms with Crippen LogP contribution in [0.1, 0.15) is 6.42 Å². The molecule has 1 fully saturated rings. The van der Waals surface area contributed by atoms with Gasteiger partial charge in [-0.25, -0.2) is 0 Å². The van der Waals surface area contributed by atoms with Gasteiger partial charge in [0.1, 0.15) is 12.6 Å². The van der Waals surface area contributed by atoms with Gasteiger partial charge in [0.2, 0.25) is 0 Å². The van der Waals surface area contributed by atoms with E-state index in [2.05, 4.69) is 0 Å². The molecule has 0 aliphatic carbocycles. The van der Waals surface area contributed by atoms with Crippen molar-refractivity contribution in [2.75, 3.05) is 26.7 Å². The van der Waals surface area contributed by atoms with Crippen LogP contribution in [0.4, 0.5) is 0 Å². The molecular formula is C9H16NO3+. The lowest BCUT2D eigenvalue weighted by Gasteiger charge is -2.38. The monoisotopic (exact) mass is 186 g/mol. The third-order valence-corrected chi connectivity index (χ3v) is 3.57. The van der Waals surface area contributed by atoms with Crippen molar-refractivity contribution in [3.8, 4) is 0 Å². The fraction of sp³-hybridized carbons (Fsp3) is 0.778. The molecule has 3 N–H and O–H groups in total. The number of hydrogen-bond donors (Lipinski definition) is 3. The Morgan fingerprint density at radius 1 is 1.69 bits per heavy atom. The topological polar surface area (TPSA) is 60.7 Å². The molecular weight excluding hydrogens is 170 g/mol. The summed E-state index contributed by atoms with van der Waals surface area (Å²) < 4.78 is 0.421. The summed E-state index contributed by atoms with van der Waals surface area (Å²) in [5, 5.41) is 29.1. The summed E-state index contributed by atoms with van der Waals surface area (Å²) in [5.74, 6) is 0. The third kappa shape index (κ3) is 0.889. The van der Waals surface area contributed by atoms with Crippen molar-refractivity contribution in [1.29, 1.82) is 0 Å². The molecule has 0 saturated carbocycles. The van der Waals surface area contributed by atoms with Crippen LogP contribution in [0.5, 0.6) is 0 Å². The van der Waals surface area contributed by atoms with E-state index in [4.69, 9.17) is 5.11 Å². The molecule has 0 amide bonds. The molecule has 0 unspecified atom stereocenters. The van der Waals surface area contributed by atoms with Crippen LogP contribution in [-0.4, -0.2) is 58.4 Å². The Kier molecular flexibility index (Phi) is 1.79. The molecule has 2 heterocycles. The Bertz CT molecular complexity index is 266. The van der Waals surface area contributed by atoms with Crippen LogP contribution in [0.25, 0.3) is 0 Å². The minimum Gasteiger partial charge on any atom is -0.392 e. The molecule has 13 heavy (non-hydrogen) atoms. The molecule has 0 radical (unpaired) electrons. The Balaban J connectivity index is 2.41. The zero-order chi connectivity index (χ0) is 9.69. The summed E-state index contributed by atoms with van der Waals surface area (Å²) in [5.41, 5.74) is -0.658. The van der Waals surface area contributed by atoms with Crippen molar-refractivity contribution in [2.45, 2.75) is 18.2 Å². The van der Waals surface area contributed by atoms with Gasteiger partial charge in [0.15, 0.2) is 0 Å². The number of likely N-dealkylation sites (N-methyl/N-ethyl adjacent to an activating group) is 1. The molecule has 2 rings (SSSR count). The molecule has 0 aromatic rings. The molecule has 1 saturated heterocycles.